The lowest BCUT2D eigenvalue weighted by molar-refractivity contribution is -0.289. The second-order valence-corrected chi connectivity index (χ2v) is 14.2. The smallest absolute Gasteiger partial charge is 0.196 e. The van der Waals surface area contributed by atoms with Crippen LogP contribution in [0.2, 0.25) is 18.1 Å². The van der Waals surface area contributed by atoms with Crippen LogP contribution in [-0.2, 0) is 18.6 Å². The minimum Gasteiger partial charge on any atom is -0.396 e. The van der Waals surface area contributed by atoms with Gasteiger partial charge in [0.05, 0.1) is 19.3 Å². The molecule has 1 aromatic carbocycles. The van der Waals surface area contributed by atoms with Crippen molar-refractivity contribution in [2.75, 3.05) is 13.2 Å². The molecule has 166 valence electrons. The lowest BCUT2D eigenvalue weighted by Gasteiger charge is -2.46. The summed E-state index contributed by atoms with van der Waals surface area (Å²) in [6.07, 6.45) is -1.27. The van der Waals surface area contributed by atoms with Gasteiger partial charge >= 0.3 is 0 Å². The molecule has 5 nitrogen and oxygen atoms in total. The van der Waals surface area contributed by atoms with Crippen LogP contribution in [0, 0.1) is 11.8 Å². The van der Waals surface area contributed by atoms with Gasteiger partial charge in [0.2, 0.25) is 0 Å². The van der Waals surface area contributed by atoms with Gasteiger partial charge in [-0.15, -0.1) is 0 Å². The van der Waals surface area contributed by atoms with E-state index >= 15 is 0 Å². The van der Waals surface area contributed by atoms with Crippen molar-refractivity contribution in [2.24, 2.45) is 11.8 Å². The third kappa shape index (κ3) is 5.90. The maximum atomic E-state index is 9.79. The average molecular weight is 425 g/mol. The highest BCUT2D eigenvalue weighted by atomic mass is 28.4. The van der Waals surface area contributed by atoms with Crippen molar-refractivity contribution >= 4 is 8.32 Å². The van der Waals surface area contributed by atoms with Crippen molar-refractivity contribution in [1.29, 1.82) is 0 Å². The Bertz CT molecular complexity index is 619. The van der Waals surface area contributed by atoms with Gasteiger partial charge in [0, 0.05) is 11.5 Å². The zero-order chi connectivity index (χ0) is 21.8. The lowest BCUT2D eigenvalue weighted by Crippen LogP contribution is -2.52. The first-order valence-electron chi connectivity index (χ1n) is 10.8. The quantitative estimate of drug-likeness (QED) is 0.440. The molecule has 1 saturated heterocycles. The molecule has 0 bridgehead atoms. The maximum Gasteiger partial charge on any atom is 0.196 e. The normalized spacial score (nSPS) is 25.8. The molecule has 2 unspecified atom stereocenters. The largest absolute Gasteiger partial charge is 0.396 e. The Morgan fingerprint density at radius 2 is 1.79 bits per heavy atom. The predicted molar refractivity (Wildman–Crippen MR) is 118 cm³/mol. The van der Waals surface area contributed by atoms with E-state index in [1.807, 2.05) is 44.2 Å². The van der Waals surface area contributed by atoms with Gasteiger partial charge in [-0.3, -0.25) is 0 Å². The van der Waals surface area contributed by atoms with Crippen LogP contribution in [-0.4, -0.2) is 45.1 Å². The number of hydrogen-bond donors (Lipinski definition) is 1. The molecule has 1 aliphatic heterocycles. The van der Waals surface area contributed by atoms with Gasteiger partial charge in [-0.05, 0) is 31.0 Å². The molecule has 0 aromatic heterocycles. The Morgan fingerprint density at radius 3 is 2.31 bits per heavy atom. The third-order valence-electron chi connectivity index (χ3n) is 6.81. The van der Waals surface area contributed by atoms with Crippen molar-refractivity contribution in [2.45, 2.75) is 84.5 Å². The number of aliphatic hydroxyl groups is 1. The van der Waals surface area contributed by atoms with Crippen LogP contribution in [0.4, 0.5) is 0 Å². The monoisotopic (exact) mass is 424 g/mol. The summed E-state index contributed by atoms with van der Waals surface area (Å²) in [4.78, 5) is 0. The highest BCUT2D eigenvalue weighted by Crippen LogP contribution is 2.45. The molecule has 0 amide bonds. The molecule has 29 heavy (non-hydrogen) atoms. The van der Waals surface area contributed by atoms with E-state index < -0.39 is 14.6 Å². The Labute approximate surface area is 177 Å². The van der Waals surface area contributed by atoms with Crippen LogP contribution in [0.5, 0.6) is 0 Å². The Balaban J connectivity index is 2.07. The maximum absolute atomic E-state index is 9.79. The number of ether oxygens (including phenoxy) is 3. The molecule has 1 aliphatic rings. The molecular formula is C23H40O5Si. The molecule has 1 heterocycles. The van der Waals surface area contributed by atoms with E-state index in [1.165, 1.54) is 0 Å². The number of aliphatic hydroxyl groups excluding tert-OH is 1. The molecule has 1 N–H and O–H groups in total. The fraction of sp³-hybridized carbons (Fsp3) is 0.739. The SMILES string of the molecule is CC(C)C(C)(C)[Si](C)(C)O[C@H](OC1COC(c2ccccc2)O[C@H]1C)[C@@H](C)CO. The molecule has 1 fully saturated rings. The fourth-order valence-corrected chi connectivity index (χ4v) is 5.81. The fourth-order valence-electron chi connectivity index (χ4n) is 3.25. The van der Waals surface area contributed by atoms with Crippen LogP contribution >= 0.6 is 0 Å². The van der Waals surface area contributed by atoms with Crippen LogP contribution in [0.25, 0.3) is 0 Å². The first-order valence-corrected chi connectivity index (χ1v) is 13.7. The summed E-state index contributed by atoms with van der Waals surface area (Å²) in [5.74, 6) is 0.352. The van der Waals surface area contributed by atoms with Crippen LogP contribution in [0.15, 0.2) is 30.3 Å². The summed E-state index contributed by atoms with van der Waals surface area (Å²) in [5.41, 5.74) is 1.00. The first-order chi connectivity index (χ1) is 13.5. The van der Waals surface area contributed by atoms with E-state index in [4.69, 9.17) is 18.6 Å². The van der Waals surface area contributed by atoms with Crippen molar-refractivity contribution in [3.8, 4) is 0 Å². The second kappa shape index (κ2) is 10.0. The standard InChI is InChI=1S/C23H40O5Si/c1-16(2)23(5,6)29(7,8)28-21(17(3)14-24)27-20-15-25-22(26-18(20)4)19-12-10-9-11-13-19/h9-13,16-18,20-22,24H,14-15H2,1-8H3/t17-,18-,20?,21-,22?/m0/s1. The van der Waals surface area contributed by atoms with Crippen LogP contribution in [0.1, 0.15) is 53.4 Å². The molecule has 0 radical (unpaired) electrons. The Hall–Kier alpha value is -0.763. The van der Waals surface area contributed by atoms with Crippen LogP contribution in [0.3, 0.4) is 0 Å². The topological polar surface area (TPSA) is 57.2 Å². The zero-order valence-electron chi connectivity index (χ0n) is 19.3. The van der Waals surface area contributed by atoms with Crippen molar-refractivity contribution < 1.29 is 23.7 Å². The number of benzene rings is 1. The van der Waals surface area contributed by atoms with Gasteiger partial charge in [0.15, 0.2) is 20.9 Å². The van der Waals surface area contributed by atoms with E-state index in [9.17, 15) is 5.11 Å². The van der Waals surface area contributed by atoms with Gasteiger partial charge in [-0.1, -0.05) is 65.0 Å². The molecule has 2 rings (SSSR count). The third-order valence-corrected chi connectivity index (χ3v) is 11.3. The predicted octanol–water partition coefficient (Wildman–Crippen LogP) is 5.12. The highest BCUT2D eigenvalue weighted by Gasteiger charge is 2.46. The Kier molecular flexibility index (Phi) is 8.48. The molecule has 5 atom stereocenters. The summed E-state index contributed by atoms with van der Waals surface area (Å²) in [6, 6.07) is 9.93. The lowest BCUT2D eigenvalue weighted by atomic mass is 9.99. The number of rotatable bonds is 9. The van der Waals surface area contributed by atoms with Crippen molar-refractivity contribution in [1.82, 2.24) is 0 Å². The van der Waals surface area contributed by atoms with Gasteiger partial charge in [-0.25, -0.2) is 0 Å². The molecule has 6 heteroatoms. The molecule has 1 aromatic rings. The number of hydrogen-bond acceptors (Lipinski definition) is 5. The van der Waals surface area contributed by atoms with E-state index in [0.29, 0.717) is 12.5 Å². The van der Waals surface area contributed by atoms with Gasteiger partial charge in [0.1, 0.15) is 6.10 Å². The van der Waals surface area contributed by atoms with Crippen molar-refractivity contribution in [3.05, 3.63) is 35.9 Å². The molecular weight excluding hydrogens is 384 g/mol. The van der Waals surface area contributed by atoms with E-state index in [1.54, 1.807) is 0 Å². The summed E-state index contributed by atoms with van der Waals surface area (Å²) >= 11 is 0. The van der Waals surface area contributed by atoms with Gasteiger partial charge < -0.3 is 23.7 Å². The molecule has 0 saturated carbocycles. The highest BCUT2D eigenvalue weighted by molar-refractivity contribution is 6.74. The van der Waals surface area contributed by atoms with Crippen molar-refractivity contribution in [3.63, 3.8) is 0 Å². The van der Waals surface area contributed by atoms with Crippen LogP contribution < -0.4 is 0 Å². The first kappa shape index (κ1) is 24.5. The molecule has 0 spiro atoms. The summed E-state index contributed by atoms with van der Waals surface area (Å²) in [6.45, 7) is 17.9. The van der Waals surface area contributed by atoms with E-state index in [0.717, 1.165) is 5.56 Å². The minimum atomic E-state index is -2.13. The second-order valence-electron chi connectivity index (χ2n) is 9.62. The molecule has 0 aliphatic carbocycles. The average Bonchev–Trinajstić information content (AvgIpc) is 2.68. The van der Waals surface area contributed by atoms with Gasteiger partial charge in [-0.2, -0.15) is 0 Å². The zero-order valence-corrected chi connectivity index (χ0v) is 20.3. The summed E-state index contributed by atoms with van der Waals surface area (Å²) in [5, 5.41) is 9.86. The summed E-state index contributed by atoms with van der Waals surface area (Å²) in [7, 11) is -2.13. The Morgan fingerprint density at radius 1 is 1.17 bits per heavy atom. The minimum absolute atomic E-state index is 0.00666. The van der Waals surface area contributed by atoms with E-state index in [-0.39, 0.29) is 36.1 Å². The summed E-state index contributed by atoms with van der Waals surface area (Å²) < 4.78 is 25.0. The van der Waals surface area contributed by atoms with Gasteiger partial charge in [0.25, 0.3) is 0 Å². The van der Waals surface area contributed by atoms with E-state index in [2.05, 4.69) is 40.8 Å².